The normalized spacial score (nSPS) is 20.1. The summed E-state index contributed by atoms with van der Waals surface area (Å²) in [7, 11) is 0. The number of aryl methyl sites for hydroxylation is 3. The second kappa shape index (κ2) is 6.30. The van der Waals surface area contributed by atoms with Crippen molar-refractivity contribution in [3.8, 4) is 5.75 Å². The zero-order chi connectivity index (χ0) is 16.5. The lowest BCUT2D eigenvalue weighted by Crippen LogP contribution is -2.46. The van der Waals surface area contributed by atoms with Gasteiger partial charge < -0.3 is 14.6 Å². The number of rotatable bonds is 4. The maximum atomic E-state index is 12.4. The summed E-state index contributed by atoms with van der Waals surface area (Å²) in [5, 5.41) is 3.11. The van der Waals surface area contributed by atoms with Crippen molar-refractivity contribution in [2.75, 3.05) is 0 Å². The predicted molar refractivity (Wildman–Crippen MR) is 91.0 cm³/mol. The number of ether oxygens (including phenoxy) is 1. The van der Waals surface area contributed by atoms with Crippen LogP contribution in [-0.4, -0.2) is 27.6 Å². The van der Waals surface area contributed by atoms with E-state index in [4.69, 9.17) is 4.74 Å². The van der Waals surface area contributed by atoms with Gasteiger partial charge in [0.15, 0.2) is 6.10 Å². The van der Waals surface area contributed by atoms with E-state index in [1.54, 1.807) is 0 Å². The van der Waals surface area contributed by atoms with E-state index >= 15 is 0 Å². The molecule has 1 aliphatic heterocycles. The molecule has 0 unspecified atom stereocenters. The molecule has 1 aromatic heterocycles. The van der Waals surface area contributed by atoms with E-state index in [9.17, 15) is 4.79 Å². The Hall–Kier alpha value is -2.30. The average Bonchev–Trinajstić information content (AvgIpc) is 3.22. The van der Waals surface area contributed by atoms with Crippen LogP contribution in [0.4, 0.5) is 0 Å². The van der Waals surface area contributed by atoms with Crippen LogP contribution < -0.4 is 10.1 Å². The second-order valence-electron chi connectivity index (χ2n) is 6.78. The highest BCUT2D eigenvalue weighted by atomic mass is 16.5. The quantitative estimate of drug-likeness (QED) is 0.938. The van der Waals surface area contributed by atoms with E-state index in [0.29, 0.717) is 0 Å². The van der Waals surface area contributed by atoms with Crippen LogP contribution in [0.3, 0.4) is 0 Å². The van der Waals surface area contributed by atoms with Crippen molar-refractivity contribution in [2.24, 2.45) is 0 Å². The molecule has 5 nitrogen and oxygen atoms in total. The van der Waals surface area contributed by atoms with Crippen LogP contribution in [0, 0.1) is 0 Å². The molecule has 0 bridgehead atoms. The number of amides is 1. The van der Waals surface area contributed by atoms with E-state index in [0.717, 1.165) is 43.8 Å². The van der Waals surface area contributed by atoms with Crippen LogP contribution in [0.15, 0.2) is 30.6 Å². The predicted octanol–water partition coefficient (Wildman–Crippen LogP) is 2.27. The van der Waals surface area contributed by atoms with Gasteiger partial charge in [-0.25, -0.2) is 4.98 Å². The van der Waals surface area contributed by atoms with Gasteiger partial charge >= 0.3 is 0 Å². The summed E-state index contributed by atoms with van der Waals surface area (Å²) in [6.45, 7) is 2.60. The molecule has 0 saturated heterocycles. The number of carbonyl (C=O) groups excluding carboxylic acids is 1. The van der Waals surface area contributed by atoms with E-state index < -0.39 is 6.10 Å². The number of aromatic nitrogens is 2. The van der Waals surface area contributed by atoms with Crippen molar-refractivity contribution in [1.82, 2.24) is 14.9 Å². The van der Waals surface area contributed by atoms with Crippen LogP contribution in [-0.2, 0) is 30.6 Å². The van der Waals surface area contributed by atoms with Gasteiger partial charge in [0, 0.05) is 31.4 Å². The first-order valence-corrected chi connectivity index (χ1v) is 8.78. The van der Waals surface area contributed by atoms with Crippen LogP contribution in [0.1, 0.15) is 36.7 Å². The highest BCUT2D eigenvalue weighted by Crippen LogP contribution is 2.26. The Labute approximate surface area is 142 Å². The largest absolute Gasteiger partial charge is 0.481 e. The number of imidazole rings is 1. The summed E-state index contributed by atoms with van der Waals surface area (Å²) in [4.78, 5) is 16.8. The zero-order valence-electron chi connectivity index (χ0n) is 14.0. The van der Waals surface area contributed by atoms with Crippen LogP contribution in [0.5, 0.6) is 5.75 Å². The molecule has 0 spiro atoms. The first-order valence-electron chi connectivity index (χ1n) is 8.78. The molecule has 126 valence electrons. The molecule has 24 heavy (non-hydrogen) atoms. The van der Waals surface area contributed by atoms with E-state index in [2.05, 4.69) is 27.0 Å². The first-order chi connectivity index (χ1) is 11.7. The van der Waals surface area contributed by atoms with Crippen molar-refractivity contribution in [3.63, 3.8) is 0 Å². The van der Waals surface area contributed by atoms with Crippen LogP contribution >= 0.6 is 0 Å². The molecule has 2 heterocycles. The van der Waals surface area contributed by atoms with E-state index in [1.807, 2.05) is 25.4 Å². The third-order valence-electron chi connectivity index (χ3n) is 5.03. The maximum Gasteiger partial charge on any atom is 0.261 e. The minimum atomic E-state index is -0.492. The van der Waals surface area contributed by atoms with Crippen LogP contribution in [0.25, 0.3) is 0 Å². The van der Waals surface area contributed by atoms with Gasteiger partial charge in [0.25, 0.3) is 5.91 Å². The van der Waals surface area contributed by atoms with Gasteiger partial charge in [0.05, 0.1) is 0 Å². The third-order valence-corrected chi connectivity index (χ3v) is 5.03. The monoisotopic (exact) mass is 325 g/mol. The molecular weight excluding hydrogens is 302 g/mol. The van der Waals surface area contributed by atoms with Gasteiger partial charge in [0.1, 0.15) is 11.6 Å². The molecule has 0 saturated carbocycles. The third kappa shape index (κ3) is 3.03. The molecule has 2 aromatic rings. The molecule has 1 aromatic carbocycles. The van der Waals surface area contributed by atoms with Crippen molar-refractivity contribution in [3.05, 3.63) is 47.5 Å². The van der Waals surface area contributed by atoms with Gasteiger partial charge in [-0.1, -0.05) is 6.07 Å². The Balaban J connectivity index is 1.35. The second-order valence-corrected chi connectivity index (χ2v) is 6.78. The molecule has 0 radical (unpaired) electrons. The van der Waals surface area contributed by atoms with E-state index in [1.165, 1.54) is 17.5 Å². The molecule has 5 heteroatoms. The smallest absolute Gasteiger partial charge is 0.261 e. The topological polar surface area (TPSA) is 56.1 Å². The standard InChI is InChI=1S/C19H23N3O2/c1-13(24-17-7-5-14-3-2-4-15(14)11-17)19(23)21-16-6-8-18-20-9-10-22(18)12-16/h5,7,9-11,13,16H,2-4,6,8,12H2,1H3,(H,21,23)/t13-,16-/m0/s1. The highest BCUT2D eigenvalue weighted by molar-refractivity contribution is 5.81. The molecule has 1 N–H and O–H groups in total. The number of nitrogens with zero attached hydrogens (tertiary/aromatic N) is 2. The summed E-state index contributed by atoms with van der Waals surface area (Å²) >= 11 is 0. The summed E-state index contributed by atoms with van der Waals surface area (Å²) in [5.41, 5.74) is 2.78. The van der Waals surface area contributed by atoms with Crippen molar-refractivity contribution >= 4 is 5.91 Å². The SMILES string of the molecule is C[C@H](Oc1ccc2c(c1)CCC2)C(=O)N[C@H]1CCc2nccn2C1. The number of benzene rings is 1. The Kier molecular flexibility index (Phi) is 4.00. The Morgan fingerprint density at radius 1 is 1.33 bits per heavy atom. The fourth-order valence-electron chi connectivity index (χ4n) is 3.68. The molecule has 4 rings (SSSR count). The van der Waals surface area contributed by atoms with Gasteiger partial charge in [-0.3, -0.25) is 4.79 Å². The minimum absolute atomic E-state index is 0.0518. The van der Waals surface area contributed by atoms with E-state index in [-0.39, 0.29) is 11.9 Å². The van der Waals surface area contributed by atoms with Crippen molar-refractivity contribution in [2.45, 2.75) is 57.7 Å². The lowest BCUT2D eigenvalue weighted by molar-refractivity contribution is -0.128. The molecule has 1 aliphatic carbocycles. The summed E-state index contributed by atoms with van der Waals surface area (Å²) in [5.74, 6) is 1.84. The number of hydrogen-bond donors (Lipinski definition) is 1. The molecule has 2 aliphatic rings. The Morgan fingerprint density at radius 2 is 2.21 bits per heavy atom. The zero-order valence-corrected chi connectivity index (χ0v) is 14.0. The Morgan fingerprint density at radius 3 is 3.12 bits per heavy atom. The summed E-state index contributed by atoms with van der Waals surface area (Å²) in [6, 6.07) is 6.34. The van der Waals surface area contributed by atoms with Crippen molar-refractivity contribution in [1.29, 1.82) is 0 Å². The van der Waals surface area contributed by atoms with Crippen LogP contribution in [0.2, 0.25) is 0 Å². The lowest BCUT2D eigenvalue weighted by atomic mass is 10.1. The Bertz CT molecular complexity index is 753. The number of hydrogen-bond acceptors (Lipinski definition) is 3. The lowest BCUT2D eigenvalue weighted by Gasteiger charge is -2.26. The maximum absolute atomic E-state index is 12.4. The van der Waals surface area contributed by atoms with Gasteiger partial charge in [-0.05, 0) is 55.9 Å². The number of nitrogens with one attached hydrogen (secondary N) is 1. The molecular formula is C19H23N3O2. The molecule has 1 amide bonds. The average molecular weight is 325 g/mol. The van der Waals surface area contributed by atoms with Crippen molar-refractivity contribution < 1.29 is 9.53 Å². The fourth-order valence-corrected chi connectivity index (χ4v) is 3.68. The molecule has 2 atom stereocenters. The van der Waals surface area contributed by atoms with Gasteiger partial charge in [-0.15, -0.1) is 0 Å². The molecule has 0 fully saturated rings. The van der Waals surface area contributed by atoms with Gasteiger partial charge in [0.2, 0.25) is 0 Å². The number of carbonyl (C=O) groups is 1. The first kappa shape index (κ1) is 15.2. The van der Waals surface area contributed by atoms with Gasteiger partial charge in [-0.2, -0.15) is 0 Å². The summed E-state index contributed by atoms with van der Waals surface area (Å²) < 4.78 is 7.98. The highest BCUT2D eigenvalue weighted by Gasteiger charge is 2.23. The fraction of sp³-hybridized carbons (Fsp3) is 0.474. The minimum Gasteiger partial charge on any atom is -0.481 e. The number of fused-ring (bicyclic) bond motifs is 2. The summed E-state index contributed by atoms with van der Waals surface area (Å²) in [6.07, 6.45) is 8.61.